The number of hydrogen-bond acceptors (Lipinski definition) is 3. The lowest BCUT2D eigenvalue weighted by atomic mass is 10.2. The Balaban J connectivity index is 2.58. The molecule has 1 aromatic carbocycles. The van der Waals surface area contributed by atoms with Gasteiger partial charge >= 0.3 is 0 Å². The molecule has 0 spiro atoms. The molecule has 0 aliphatic heterocycles. The van der Waals surface area contributed by atoms with E-state index in [1.807, 2.05) is 35.9 Å². The molecule has 1 heterocycles. The Morgan fingerprint density at radius 2 is 2.07 bits per heavy atom. The highest BCUT2D eigenvalue weighted by atomic mass is 16.3. The van der Waals surface area contributed by atoms with Crippen molar-refractivity contribution in [2.45, 2.75) is 19.1 Å². The van der Waals surface area contributed by atoms with Crippen molar-refractivity contribution >= 4 is 11.0 Å². The zero-order valence-electron chi connectivity index (χ0n) is 8.88. The molecule has 0 radical (unpaired) electrons. The molecule has 4 heteroatoms. The predicted molar refractivity (Wildman–Crippen MR) is 59.3 cm³/mol. The van der Waals surface area contributed by atoms with Gasteiger partial charge in [0.2, 0.25) is 0 Å². The van der Waals surface area contributed by atoms with Gasteiger partial charge in [-0.1, -0.05) is 12.1 Å². The van der Waals surface area contributed by atoms with Crippen molar-refractivity contribution in [1.29, 1.82) is 0 Å². The van der Waals surface area contributed by atoms with Gasteiger partial charge in [-0.25, -0.2) is 4.98 Å². The maximum absolute atomic E-state index is 9.45. The highest BCUT2D eigenvalue weighted by molar-refractivity contribution is 5.75. The first-order valence-corrected chi connectivity index (χ1v) is 4.96. The second kappa shape index (κ2) is 3.64. The van der Waals surface area contributed by atoms with E-state index in [9.17, 15) is 5.11 Å². The number of imidazole rings is 1. The zero-order valence-corrected chi connectivity index (χ0v) is 8.88. The molecule has 1 aromatic heterocycles. The van der Waals surface area contributed by atoms with Crippen LogP contribution in [0.5, 0.6) is 0 Å². The number of fused-ring (bicyclic) bond motifs is 1. The monoisotopic (exact) mass is 205 g/mol. The van der Waals surface area contributed by atoms with Gasteiger partial charge in [0.05, 0.1) is 23.2 Å². The molecular formula is C11H15N3O. The van der Waals surface area contributed by atoms with Crippen LogP contribution >= 0.6 is 0 Å². The van der Waals surface area contributed by atoms with Crippen LogP contribution in [-0.4, -0.2) is 20.8 Å². The van der Waals surface area contributed by atoms with Crippen molar-refractivity contribution < 1.29 is 5.11 Å². The first kappa shape index (κ1) is 10.1. The third-order valence-electron chi connectivity index (χ3n) is 2.64. The van der Waals surface area contributed by atoms with E-state index in [0.29, 0.717) is 5.82 Å². The lowest BCUT2D eigenvalue weighted by Gasteiger charge is -2.14. The zero-order chi connectivity index (χ0) is 11.0. The van der Waals surface area contributed by atoms with E-state index in [1.54, 1.807) is 6.92 Å². The minimum Gasteiger partial charge on any atom is -0.391 e. The molecule has 4 nitrogen and oxygen atoms in total. The fourth-order valence-corrected chi connectivity index (χ4v) is 1.68. The average molecular weight is 205 g/mol. The molecule has 80 valence electrons. The van der Waals surface area contributed by atoms with Crippen LogP contribution in [0.3, 0.4) is 0 Å². The van der Waals surface area contributed by atoms with E-state index in [2.05, 4.69) is 4.98 Å². The Morgan fingerprint density at radius 1 is 1.40 bits per heavy atom. The summed E-state index contributed by atoms with van der Waals surface area (Å²) in [7, 11) is 1.91. The molecule has 0 bridgehead atoms. The van der Waals surface area contributed by atoms with Crippen LogP contribution in [0.2, 0.25) is 0 Å². The maximum atomic E-state index is 9.45. The second-order valence-electron chi connectivity index (χ2n) is 3.78. The highest BCUT2D eigenvalue weighted by Crippen LogP contribution is 2.19. The molecule has 2 unspecified atom stereocenters. The van der Waals surface area contributed by atoms with Crippen LogP contribution in [0.25, 0.3) is 11.0 Å². The summed E-state index contributed by atoms with van der Waals surface area (Å²) in [5.74, 6) is 0.714. The van der Waals surface area contributed by atoms with Gasteiger partial charge in [-0.2, -0.15) is 0 Å². The highest BCUT2D eigenvalue weighted by Gasteiger charge is 2.18. The molecule has 3 N–H and O–H groups in total. The summed E-state index contributed by atoms with van der Waals surface area (Å²) in [4.78, 5) is 4.41. The molecular weight excluding hydrogens is 190 g/mol. The van der Waals surface area contributed by atoms with Crippen molar-refractivity contribution in [3.8, 4) is 0 Å². The van der Waals surface area contributed by atoms with E-state index in [1.165, 1.54) is 0 Å². The molecule has 2 aromatic rings. The smallest absolute Gasteiger partial charge is 0.129 e. The number of aliphatic hydroxyl groups excluding tert-OH is 1. The number of aryl methyl sites for hydroxylation is 1. The Kier molecular flexibility index (Phi) is 2.46. The second-order valence-corrected chi connectivity index (χ2v) is 3.78. The Bertz CT molecular complexity index is 476. The van der Waals surface area contributed by atoms with Gasteiger partial charge in [0.1, 0.15) is 5.82 Å². The summed E-state index contributed by atoms with van der Waals surface area (Å²) in [6, 6.07) is 7.38. The largest absolute Gasteiger partial charge is 0.391 e. The standard InChI is InChI=1S/C11H15N3O/c1-7(15)10(12)11-13-8-5-3-4-6-9(8)14(11)2/h3-7,10,15H,12H2,1-2H3. The van der Waals surface area contributed by atoms with E-state index in [0.717, 1.165) is 11.0 Å². The SMILES string of the molecule is CC(O)C(N)c1nc2ccccc2n1C. The number of benzene rings is 1. The van der Waals surface area contributed by atoms with Crippen LogP contribution in [0.15, 0.2) is 24.3 Å². The van der Waals surface area contributed by atoms with E-state index >= 15 is 0 Å². The molecule has 0 amide bonds. The van der Waals surface area contributed by atoms with Gasteiger partial charge in [-0.05, 0) is 19.1 Å². The normalized spacial score (nSPS) is 15.5. The maximum Gasteiger partial charge on any atom is 0.129 e. The Labute approximate surface area is 88.3 Å². The summed E-state index contributed by atoms with van der Waals surface area (Å²) < 4.78 is 1.92. The predicted octanol–water partition coefficient (Wildman–Crippen LogP) is 0.954. The van der Waals surface area contributed by atoms with Gasteiger partial charge in [-0.15, -0.1) is 0 Å². The molecule has 2 rings (SSSR count). The fourth-order valence-electron chi connectivity index (χ4n) is 1.68. The minimum absolute atomic E-state index is 0.442. The summed E-state index contributed by atoms with van der Waals surface area (Å²) in [6.07, 6.45) is -0.597. The number of hydrogen-bond donors (Lipinski definition) is 2. The first-order chi connectivity index (χ1) is 7.11. The molecule has 0 saturated heterocycles. The first-order valence-electron chi connectivity index (χ1n) is 4.96. The molecule has 15 heavy (non-hydrogen) atoms. The number of rotatable bonds is 2. The quantitative estimate of drug-likeness (QED) is 0.767. The van der Waals surface area contributed by atoms with Crippen LogP contribution in [0, 0.1) is 0 Å². The number of aliphatic hydroxyl groups is 1. The van der Waals surface area contributed by atoms with Gasteiger partial charge < -0.3 is 15.4 Å². The van der Waals surface area contributed by atoms with E-state index in [-0.39, 0.29) is 0 Å². The van der Waals surface area contributed by atoms with E-state index < -0.39 is 12.1 Å². The van der Waals surface area contributed by atoms with Crippen molar-refractivity contribution in [1.82, 2.24) is 9.55 Å². The Morgan fingerprint density at radius 3 is 2.67 bits per heavy atom. The van der Waals surface area contributed by atoms with Crippen molar-refractivity contribution in [2.75, 3.05) is 0 Å². The van der Waals surface area contributed by atoms with Crippen molar-refractivity contribution in [3.05, 3.63) is 30.1 Å². The third-order valence-corrected chi connectivity index (χ3v) is 2.64. The number of para-hydroxylation sites is 2. The topological polar surface area (TPSA) is 64.1 Å². The number of nitrogens with zero attached hydrogens (tertiary/aromatic N) is 2. The van der Waals surface area contributed by atoms with Crippen molar-refractivity contribution in [3.63, 3.8) is 0 Å². The lowest BCUT2D eigenvalue weighted by Crippen LogP contribution is -2.26. The summed E-state index contributed by atoms with van der Waals surface area (Å²) in [5.41, 5.74) is 7.81. The molecule has 0 aliphatic carbocycles. The number of nitrogens with two attached hydrogens (primary N) is 1. The van der Waals surface area contributed by atoms with Gasteiger partial charge in [0.25, 0.3) is 0 Å². The summed E-state index contributed by atoms with van der Waals surface area (Å²) in [5, 5.41) is 9.45. The number of aromatic nitrogens is 2. The molecule has 2 atom stereocenters. The van der Waals surface area contributed by atoms with E-state index in [4.69, 9.17) is 5.73 Å². The molecule has 0 fully saturated rings. The third kappa shape index (κ3) is 1.62. The molecule has 0 saturated carbocycles. The minimum atomic E-state index is -0.597. The van der Waals surface area contributed by atoms with Crippen molar-refractivity contribution in [2.24, 2.45) is 12.8 Å². The fraction of sp³-hybridized carbons (Fsp3) is 0.364. The van der Waals surface area contributed by atoms with Gasteiger partial charge in [0, 0.05) is 7.05 Å². The van der Waals surface area contributed by atoms with Crippen LogP contribution in [-0.2, 0) is 7.05 Å². The van der Waals surface area contributed by atoms with Gasteiger partial charge in [-0.3, -0.25) is 0 Å². The summed E-state index contributed by atoms with van der Waals surface area (Å²) in [6.45, 7) is 1.67. The van der Waals surface area contributed by atoms with Crippen LogP contribution < -0.4 is 5.73 Å². The summed E-state index contributed by atoms with van der Waals surface area (Å²) >= 11 is 0. The molecule has 0 aliphatic rings. The van der Waals surface area contributed by atoms with Crippen LogP contribution in [0.1, 0.15) is 18.8 Å². The average Bonchev–Trinajstić information content (AvgIpc) is 2.56. The Hall–Kier alpha value is -1.39. The van der Waals surface area contributed by atoms with Gasteiger partial charge in [0.15, 0.2) is 0 Å². The van der Waals surface area contributed by atoms with Crippen LogP contribution in [0.4, 0.5) is 0 Å². The lowest BCUT2D eigenvalue weighted by molar-refractivity contribution is 0.159.